The van der Waals surface area contributed by atoms with Crippen molar-refractivity contribution in [2.75, 3.05) is 6.61 Å². The molecule has 0 aliphatic rings. The Hall–Kier alpha value is -2.73. The number of ether oxygens (including phenoxy) is 1. The highest BCUT2D eigenvalue weighted by atomic mass is 16.5. The Labute approximate surface area is 124 Å². The quantitative estimate of drug-likeness (QED) is 0.692. The molecule has 0 atom stereocenters. The van der Waals surface area contributed by atoms with Gasteiger partial charge in [-0.2, -0.15) is 0 Å². The van der Waals surface area contributed by atoms with Gasteiger partial charge in [-0.1, -0.05) is 36.1 Å². The van der Waals surface area contributed by atoms with Crippen LogP contribution >= 0.6 is 0 Å². The smallest absolute Gasteiger partial charge is 0.317 e. The first-order chi connectivity index (χ1) is 10.2. The molecule has 0 unspecified atom stereocenters. The summed E-state index contributed by atoms with van der Waals surface area (Å²) in [7, 11) is 0. The van der Waals surface area contributed by atoms with Gasteiger partial charge in [0, 0.05) is 5.56 Å². The lowest BCUT2D eigenvalue weighted by molar-refractivity contribution is -0.141. The van der Waals surface area contributed by atoms with Crippen LogP contribution in [-0.2, 0) is 9.53 Å². The zero-order chi connectivity index (χ0) is 15.1. The Morgan fingerprint density at radius 1 is 1.05 bits per heavy atom. The Kier molecular flexibility index (Phi) is 5.00. The normalized spacial score (nSPS) is 9.57. The molecule has 0 aliphatic heterocycles. The fourth-order valence-corrected chi connectivity index (χ4v) is 1.83. The minimum Gasteiger partial charge on any atom is -0.508 e. The molecule has 0 saturated carbocycles. The fraction of sp³-hybridized carbons (Fsp3) is 0.167. The summed E-state index contributed by atoms with van der Waals surface area (Å²) in [5, 5.41) is 9.27. The van der Waals surface area contributed by atoms with Crippen LogP contribution in [0.5, 0.6) is 5.75 Å². The second-order valence-electron chi connectivity index (χ2n) is 4.41. The van der Waals surface area contributed by atoms with Gasteiger partial charge in [0.15, 0.2) is 0 Å². The van der Waals surface area contributed by atoms with E-state index in [1.807, 2.05) is 36.4 Å². The summed E-state index contributed by atoms with van der Waals surface area (Å²) in [5.74, 6) is 5.68. The van der Waals surface area contributed by atoms with E-state index in [9.17, 15) is 9.90 Å². The molecular weight excluding hydrogens is 264 g/mol. The molecule has 2 aromatic rings. The molecule has 2 rings (SSSR count). The van der Waals surface area contributed by atoms with Crippen molar-refractivity contribution in [3.8, 4) is 28.7 Å². The maximum Gasteiger partial charge on any atom is 0.317 e. The van der Waals surface area contributed by atoms with Crippen molar-refractivity contribution in [3.63, 3.8) is 0 Å². The van der Waals surface area contributed by atoms with Crippen molar-refractivity contribution in [2.45, 2.75) is 13.3 Å². The largest absolute Gasteiger partial charge is 0.508 e. The SMILES string of the molecule is CCOC(=O)CC#Cc1ccc(-c2ccc(O)cc2)cc1. The number of carbonyl (C=O) groups excluding carboxylic acids is 1. The number of phenolic OH excluding ortho intramolecular Hbond substituents is 1. The fourth-order valence-electron chi connectivity index (χ4n) is 1.83. The highest BCUT2D eigenvalue weighted by Crippen LogP contribution is 2.21. The average molecular weight is 280 g/mol. The third-order valence-corrected chi connectivity index (χ3v) is 2.86. The molecule has 0 saturated heterocycles. The van der Waals surface area contributed by atoms with Gasteiger partial charge in [-0.3, -0.25) is 4.79 Å². The maximum atomic E-state index is 11.2. The van der Waals surface area contributed by atoms with E-state index in [0.29, 0.717) is 6.61 Å². The van der Waals surface area contributed by atoms with E-state index in [1.165, 1.54) is 0 Å². The van der Waals surface area contributed by atoms with Crippen molar-refractivity contribution < 1.29 is 14.6 Å². The number of phenols is 1. The van der Waals surface area contributed by atoms with Gasteiger partial charge >= 0.3 is 5.97 Å². The number of benzene rings is 2. The van der Waals surface area contributed by atoms with E-state index in [0.717, 1.165) is 16.7 Å². The highest BCUT2D eigenvalue weighted by Gasteiger charge is 1.98. The lowest BCUT2D eigenvalue weighted by atomic mass is 10.0. The van der Waals surface area contributed by atoms with E-state index in [2.05, 4.69) is 11.8 Å². The maximum absolute atomic E-state index is 11.2. The first-order valence-electron chi connectivity index (χ1n) is 6.73. The van der Waals surface area contributed by atoms with Crippen LogP contribution in [0.4, 0.5) is 0 Å². The number of rotatable bonds is 3. The highest BCUT2D eigenvalue weighted by molar-refractivity contribution is 5.72. The van der Waals surface area contributed by atoms with Crippen LogP contribution < -0.4 is 0 Å². The second kappa shape index (κ2) is 7.16. The number of esters is 1. The molecule has 0 aliphatic carbocycles. The van der Waals surface area contributed by atoms with Crippen LogP contribution in [0.25, 0.3) is 11.1 Å². The first kappa shape index (κ1) is 14.7. The van der Waals surface area contributed by atoms with Crippen molar-refractivity contribution in [1.29, 1.82) is 0 Å². The molecule has 0 aromatic heterocycles. The van der Waals surface area contributed by atoms with Crippen molar-refractivity contribution in [2.24, 2.45) is 0 Å². The molecule has 0 radical (unpaired) electrons. The molecule has 0 bridgehead atoms. The van der Waals surface area contributed by atoms with Crippen LogP contribution in [0.2, 0.25) is 0 Å². The van der Waals surface area contributed by atoms with Gasteiger partial charge in [0.1, 0.15) is 12.2 Å². The average Bonchev–Trinajstić information content (AvgIpc) is 2.49. The number of carbonyl (C=O) groups is 1. The summed E-state index contributed by atoms with van der Waals surface area (Å²) in [6, 6.07) is 14.8. The molecule has 106 valence electrons. The third-order valence-electron chi connectivity index (χ3n) is 2.86. The predicted octanol–water partition coefficient (Wildman–Crippen LogP) is 3.36. The molecule has 0 fully saturated rings. The first-order valence-corrected chi connectivity index (χ1v) is 6.73. The Balaban J connectivity index is 2.04. The second-order valence-corrected chi connectivity index (χ2v) is 4.41. The van der Waals surface area contributed by atoms with Gasteiger partial charge in [-0.05, 0) is 42.3 Å². The molecule has 3 heteroatoms. The Bertz CT molecular complexity index is 658. The zero-order valence-electron chi connectivity index (χ0n) is 11.8. The third kappa shape index (κ3) is 4.39. The van der Waals surface area contributed by atoms with Crippen LogP contribution in [0.3, 0.4) is 0 Å². The molecule has 2 aromatic carbocycles. The molecule has 0 amide bonds. The topological polar surface area (TPSA) is 46.5 Å². The number of hydrogen-bond acceptors (Lipinski definition) is 3. The van der Waals surface area contributed by atoms with Gasteiger partial charge in [0.05, 0.1) is 6.61 Å². The molecule has 0 spiro atoms. The van der Waals surface area contributed by atoms with Crippen LogP contribution in [-0.4, -0.2) is 17.7 Å². The lowest BCUT2D eigenvalue weighted by Crippen LogP contribution is -2.01. The van der Waals surface area contributed by atoms with E-state index < -0.39 is 0 Å². The van der Waals surface area contributed by atoms with Gasteiger partial charge in [-0.25, -0.2) is 0 Å². The van der Waals surface area contributed by atoms with Gasteiger partial charge in [0.2, 0.25) is 0 Å². The zero-order valence-corrected chi connectivity index (χ0v) is 11.8. The summed E-state index contributed by atoms with van der Waals surface area (Å²) in [6.45, 7) is 2.15. The summed E-state index contributed by atoms with van der Waals surface area (Å²) in [5.41, 5.74) is 2.92. The van der Waals surface area contributed by atoms with Crippen molar-refractivity contribution in [3.05, 3.63) is 54.1 Å². The predicted molar refractivity (Wildman–Crippen MR) is 81.7 cm³/mol. The summed E-state index contributed by atoms with van der Waals surface area (Å²) >= 11 is 0. The van der Waals surface area contributed by atoms with E-state index in [4.69, 9.17) is 4.74 Å². The lowest BCUT2D eigenvalue weighted by Gasteiger charge is -2.02. The molecule has 1 N–H and O–H groups in total. The van der Waals surface area contributed by atoms with Gasteiger partial charge in [0.25, 0.3) is 0 Å². The molecular formula is C18H16O3. The minimum absolute atomic E-state index is 0.105. The molecule has 21 heavy (non-hydrogen) atoms. The Morgan fingerprint density at radius 2 is 1.62 bits per heavy atom. The number of hydrogen-bond donors (Lipinski definition) is 1. The Morgan fingerprint density at radius 3 is 2.19 bits per heavy atom. The number of aromatic hydroxyl groups is 1. The van der Waals surface area contributed by atoms with Crippen LogP contribution in [0, 0.1) is 11.8 Å². The van der Waals surface area contributed by atoms with Crippen molar-refractivity contribution in [1.82, 2.24) is 0 Å². The molecule has 0 heterocycles. The van der Waals surface area contributed by atoms with E-state index in [-0.39, 0.29) is 18.1 Å². The van der Waals surface area contributed by atoms with E-state index in [1.54, 1.807) is 19.1 Å². The summed E-state index contributed by atoms with van der Waals surface area (Å²) < 4.78 is 4.80. The van der Waals surface area contributed by atoms with Gasteiger partial charge < -0.3 is 9.84 Å². The van der Waals surface area contributed by atoms with Crippen LogP contribution in [0.15, 0.2) is 48.5 Å². The minimum atomic E-state index is -0.300. The monoisotopic (exact) mass is 280 g/mol. The standard InChI is InChI=1S/C18H16O3/c1-2-21-18(20)5-3-4-14-6-8-15(9-7-14)16-10-12-17(19)13-11-16/h6-13,19H,2,5H2,1H3. The van der Waals surface area contributed by atoms with Gasteiger partial charge in [-0.15, -0.1) is 0 Å². The summed E-state index contributed by atoms with van der Waals surface area (Å²) in [4.78, 5) is 11.2. The van der Waals surface area contributed by atoms with Crippen LogP contribution in [0.1, 0.15) is 18.9 Å². The summed E-state index contributed by atoms with van der Waals surface area (Å²) in [6.07, 6.45) is 0.105. The van der Waals surface area contributed by atoms with E-state index >= 15 is 0 Å². The van der Waals surface area contributed by atoms with Crippen molar-refractivity contribution >= 4 is 5.97 Å². The molecule has 3 nitrogen and oxygen atoms in total.